The van der Waals surface area contributed by atoms with Crippen LogP contribution < -0.4 is 10.1 Å². The molecule has 0 radical (unpaired) electrons. The molecule has 0 fully saturated rings. The molecule has 1 N–H and O–H groups in total. The molecule has 0 atom stereocenters. The molecule has 17 heavy (non-hydrogen) atoms. The van der Waals surface area contributed by atoms with Crippen LogP contribution in [0.15, 0.2) is 22.7 Å². The van der Waals surface area contributed by atoms with Crippen LogP contribution in [0.4, 0.5) is 13.2 Å². The highest BCUT2D eigenvalue weighted by Gasteiger charge is 2.30. The number of alkyl halides is 3. The fourth-order valence-corrected chi connectivity index (χ4v) is 1.50. The van der Waals surface area contributed by atoms with Gasteiger partial charge in [0, 0.05) is 7.05 Å². The number of halogens is 4. The van der Waals surface area contributed by atoms with Crippen LogP contribution in [0.25, 0.3) is 0 Å². The minimum absolute atomic E-state index is 0.149. The third kappa shape index (κ3) is 3.92. The van der Waals surface area contributed by atoms with Crippen LogP contribution in [-0.2, 0) is 11.0 Å². The number of ether oxygens (including phenoxy) is 1. The van der Waals surface area contributed by atoms with Gasteiger partial charge in [-0.15, -0.1) is 0 Å². The van der Waals surface area contributed by atoms with E-state index in [9.17, 15) is 18.0 Å². The SMILES string of the molecule is CNC(=O)COc1ccc(C(F)(F)F)cc1Br. The fraction of sp³-hybridized carbons (Fsp3) is 0.300. The monoisotopic (exact) mass is 311 g/mol. The number of rotatable bonds is 3. The number of hydrogen-bond acceptors (Lipinski definition) is 2. The normalized spacial score (nSPS) is 11.1. The van der Waals surface area contributed by atoms with Gasteiger partial charge in [-0.1, -0.05) is 0 Å². The number of benzene rings is 1. The van der Waals surface area contributed by atoms with Crippen LogP contribution in [0, 0.1) is 0 Å². The molecule has 0 aliphatic carbocycles. The Morgan fingerprint density at radius 2 is 2.12 bits per heavy atom. The summed E-state index contributed by atoms with van der Waals surface area (Å²) in [6, 6.07) is 2.96. The van der Waals surface area contributed by atoms with Crippen molar-refractivity contribution in [1.82, 2.24) is 5.32 Å². The summed E-state index contributed by atoms with van der Waals surface area (Å²) in [4.78, 5) is 10.9. The first-order chi connectivity index (χ1) is 7.84. The standard InChI is InChI=1S/C10H9BrF3NO2/c1-15-9(16)5-17-8-3-2-6(4-7(8)11)10(12,13)14/h2-4H,5H2,1H3,(H,15,16). The van der Waals surface area contributed by atoms with Crippen LogP contribution in [0.5, 0.6) is 5.75 Å². The lowest BCUT2D eigenvalue weighted by molar-refractivity contribution is -0.137. The Morgan fingerprint density at radius 3 is 2.59 bits per heavy atom. The van der Waals surface area contributed by atoms with Gasteiger partial charge in [0.15, 0.2) is 6.61 Å². The van der Waals surface area contributed by atoms with Crippen molar-refractivity contribution in [1.29, 1.82) is 0 Å². The Morgan fingerprint density at radius 1 is 1.47 bits per heavy atom. The molecule has 0 aromatic heterocycles. The molecule has 0 saturated heterocycles. The second-order valence-electron chi connectivity index (χ2n) is 3.10. The number of amides is 1. The van der Waals surface area contributed by atoms with Crippen molar-refractivity contribution in [3.63, 3.8) is 0 Å². The van der Waals surface area contributed by atoms with Gasteiger partial charge < -0.3 is 10.1 Å². The zero-order chi connectivity index (χ0) is 13.1. The maximum Gasteiger partial charge on any atom is 0.416 e. The van der Waals surface area contributed by atoms with Gasteiger partial charge in [-0.05, 0) is 34.1 Å². The van der Waals surface area contributed by atoms with Gasteiger partial charge in [0.05, 0.1) is 10.0 Å². The highest BCUT2D eigenvalue weighted by Crippen LogP contribution is 2.34. The van der Waals surface area contributed by atoms with Crippen LogP contribution in [-0.4, -0.2) is 19.6 Å². The van der Waals surface area contributed by atoms with E-state index < -0.39 is 11.7 Å². The molecule has 7 heteroatoms. The van der Waals surface area contributed by atoms with Crippen molar-refractivity contribution in [2.24, 2.45) is 0 Å². The van der Waals surface area contributed by atoms with Gasteiger partial charge in [0.1, 0.15) is 5.75 Å². The summed E-state index contributed by atoms with van der Waals surface area (Å²) >= 11 is 2.95. The van der Waals surface area contributed by atoms with Crippen LogP contribution in [0.3, 0.4) is 0 Å². The minimum Gasteiger partial charge on any atom is -0.483 e. The van der Waals surface area contributed by atoms with Gasteiger partial charge in [-0.3, -0.25) is 4.79 Å². The molecule has 0 bridgehead atoms. The summed E-state index contributed by atoms with van der Waals surface area (Å²) in [5, 5.41) is 2.33. The fourth-order valence-electron chi connectivity index (χ4n) is 1.01. The number of likely N-dealkylation sites (N-methyl/N-ethyl adjacent to an activating group) is 1. The van der Waals surface area contributed by atoms with Crippen molar-refractivity contribution in [2.75, 3.05) is 13.7 Å². The van der Waals surface area contributed by atoms with Gasteiger partial charge in [0.25, 0.3) is 5.91 Å². The lowest BCUT2D eigenvalue weighted by Crippen LogP contribution is -2.24. The van der Waals surface area contributed by atoms with E-state index in [1.54, 1.807) is 0 Å². The van der Waals surface area contributed by atoms with Gasteiger partial charge >= 0.3 is 6.18 Å². The number of nitrogens with one attached hydrogen (secondary N) is 1. The van der Waals surface area contributed by atoms with E-state index in [-0.39, 0.29) is 22.7 Å². The molecule has 0 spiro atoms. The van der Waals surface area contributed by atoms with E-state index in [1.165, 1.54) is 7.05 Å². The zero-order valence-corrected chi connectivity index (χ0v) is 10.4. The Labute approximate surface area is 104 Å². The average molecular weight is 312 g/mol. The van der Waals surface area contributed by atoms with E-state index >= 15 is 0 Å². The smallest absolute Gasteiger partial charge is 0.416 e. The highest BCUT2D eigenvalue weighted by atomic mass is 79.9. The summed E-state index contributed by atoms with van der Waals surface area (Å²) in [5.41, 5.74) is -0.781. The summed E-state index contributed by atoms with van der Waals surface area (Å²) in [6.07, 6.45) is -4.40. The van der Waals surface area contributed by atoms with Gasteiger partial charge in [-0.2, -0.15) is 13.2 Å². The van der Waals surface area contributed by atoms with Crippen LogP contribution >= 0.6 is 15.9 Å². The number of hydrogen-bond donors (Lipinski definition) is 1. The molecule has 1 amide bonds. The molecule has 94 valence electrons. The lowest BCUT2D eigenvalue weighted by atomic mass is 10.2. The average Bonchev–Trinajstić information content (AvgIpc) is 2.25. The number of carbonyl (C=O) groups is 1. The van der Waals surface area contributed by atoms with E-state index in [4.69, 9.17) is 4.74 Å². The third-order valence-electron chi connectivity index (χ3n) is 1.90. The summed E-state index contributed by atoms with van der Waals surface area (Å²) in [7, 11) is 1.44. The minimum atomic E-state index is -4.40. The zero-order valence-electron chi connectivity index (χ0n) is 8.77. The summed E-state index contributed by atoms with van der Waals surface area (Å²) in [6.45, 7) is -0.250. The van der Waals surface area contributed by atoms with Crippen LogP contribution in [0.2, 0.25) is 0 Å². The van der Waals surface area contributed by atoms with E-state index in [2.05, 4.69) is 21.2 Å². The molecule has 0 unspecified atom stereocenters. The molecular weight excluding hydrogens is 303 g/mol. The second kappa shape index (κ2) is 5.39. The Hall–Kier alpha value is -1.24. The van der Waals surface area contributed by atoms with E-state index in [0.717, 1.165) is 18.2 Å². The maximum atomic E-state index is 12.3. The quantitative estimate of drug-likeness (QED) is 0.932. The first-order valence-corrected chi connectivity index (χ1v) is 5.34. The van der Waals surface area contributed by atoms with Crippen LogP contribution in [0.1, 0.15) is 5.56 Å². The summed E-state index contributed by atoms with van der Waals surface area (Å²) < 4.78 is 42.2. The van der Waals surface area contributed by atoms with Crippen molar-refractivity contribution >= 4 is 21.8 Å². The molecule has 0 heterocycles. The van der Waals surface area contributed by atoms with E-state index in [0.29, 0.717) is 0 Å². The Bertz CT molecular complexity index is 421. The molecular formula is C10H9BrF3NO2. The van der Waals surface area contributed by atoms with Gasteiger partial charge in [0.2, 0.25) is 0 Å². The highest BCUT2D eigenvalue weighted by molar-refractivity contribution is 9.10. The summed E-state index contributed by atoms with van der Waals surface area (Å²) in [5.74, 6) is -0.182. The van der Waals surface area contributed by atoms with Crippen molar-refractivity contribution in [2.45, 2.75) is 6.18 Å². The van der Waals surface area contributed by atoms with Gasteiger partial charge in [-0.25, -0.2) is 0 Å². The topological polar surface area (TPSA) is 38.3 Å². The Balaban J connectivity index is 2.80. The van der Waals surface area contributed by atoms with Crippen molar-refractivity contribution in [3.8, 4) is 5.75 Å². The molecule has 3 nitrogen and oxygen atoms in total. The largest absolute Gasteiger partial charge is 0.483 e. The van der Waals surface area contributed by atoms with E-state index in [1.807, 2.05) is 0 Å². The van der Waals surface area contributed by atoms with Crippen molar-refractivity contribution in [3.05, 3.63) is 28.2 Å². The van der Waals surface area contributed by atoms with Crippen molar-refractivity contribution < 1.29 is 22.7 Å². The molecule has 0 aliphatic rings. The lowest BCUT2D eigenvalue weighted by Gasteiger charge is -2.10. The second-order valence-corrected chi connectivity index (χ2v) is 3.96. The molecule has 1 aromatic carbocycles. The molecule has 0 saturated carbocycles. The first kappa shape index (κ1) is 13.8. The maximum absolute atomic E-state index is 12.3. The third-order valence-corrected chi connectivity index (χ3v) is 2.52. The predicted octanol–water partition coefficient (Wildman–Crippen LogP) is 2.59. The predicted molar refractivity (Wildman–Crippen MR) is 58.7 cm³/mol. The molecule has 1 rings (SSSR count). The molecule has 1 aromatic rings. The number of carbonyl (C=O) groups excluding carboxylic acids is 1. The first-order valence-electron chi connectivity index (χ1n) is 4.54. The Kier molecular flexibility index (Phi) is 4.39. The molecule has 0 aliphatic heterocycles.